The van der Waals surface area contributed by atoms with E-state index in [1.54, 1.807) is 9.80 Å². The van der Waals surface area contributed by atoms with Crippen LogP contribution in [0, 0.1) is 0 Å². The van der Waals surface area contributed by atoms with E-state index in [0.29, 0.717) is 37.3 Å². The third-order valence-electron chi connectivity index (χ3n) is 6.60. The Labute approximate surface area is 230 Å². The zero-order valence-electron chi connectivity index (χ0n) is 23.2. The maximum absolute atomic E-state index is 13.8. The maximum atomic E-state index is 13.8. The van der Waals surface area contributed by atoms with Crippen molar-refractivity contribution in [3.05, 3.63) is 65.7 Å². The van der Waals surface area contributed by atoms with E-state index in [1.807, 2.05) is 82.3 Å². The number of likely N-dealkylation sites (tertiary alicyclic amines) is 1. The van der Waals surface area contributed by atoms with Gasteiger partial charge >= 0.3 is 12.2 Å². The molecule has 0 saturated carbocycles. The monoisotopic (exact) mass is 534 g/mol. The number of piperidine rings is 1. The fourth-order valence-electron chi connectivity index (χ4n) is 4.90. The minimum absolute atomic E-state index is 0.0676. The largest absolute Gasteiger partial charge is 0.445 e. The van der Waals surface area contributed by atoms with E-state index in [1.165, 1.54) is 0 Å². The van der Waals surface area contributed by atoms with Gasteiger partial charge in [0, 0.05) is 18.7 Å². The second-order valence-electron chi connectivity index (χ2n) is 10.8. The van der Waals surface area contributed by atoms with E-state index in [-0.39, 0.29) is 12.5 Å². The van der Waals surface area contributed by atoms with Crippen molar-refractivity contribution in [3.63, 3.8) is 0 Å². The Kier molecular flexibility index (Phi) is 8.89. The molecular formula is C30H38N4O5. The number of anilines is 1. The molecule has 2 aliphatic heterocycles. The normalized spacial score (nSPS) is 19.5. The molecule has 2 atom stereocenters. The number of fused-ring (bicyclic) bond motifs is 1. The van der Waals surface area contributed by atoms with Crippen LogP contribution in [0.15, 0.2) is 59.6 Å². The van der Waals surface area contributed by atoms with Crippen molar-refractivity contribution in [2.45, 2.75) is 77.8 Å². The molecule has 0 aromatic heterocycles. The molecule has 1 N–H and O–H groups in total. The lowest BCUT2D eigenvalue weighted by molar-refractivity contribution is -0.120. The van der Waals surface area contributed by atoms with Crippen LogP contribution in [0.2, 0.25) is 0 Å². The van der Waals surface area contributed by atoms with Crippen LogP contribution >= 0.6 is 0 Å². The number of nitrogens with zero attached hydrogens (tertiary/aromatic N) is 3. The Morgan fingerprint density at radius 1 is 1.05 bits per heavy atom. The van der Waals surface area contributed by atoms with Gasteiger partial charge in [-0.05, 0) is 58.1 Å². The van der Waals surface area contributed by atoms with Crippen molar-refractivity contribution in [1.29, 1.82) is 0 Å². The number of rotatable bonds is 6. The summed E-state index contributed by atoms with van der Waals surface area (Å²) in [5, 5.41) is 2.68. The summed E-state index contributed by atoms with van der Waals surface area (Å²) in [6.07, 6.45) is 0.766. The van der Waals surface area contributed by atoms with Crippen molar-refractivity contribution in [2.24, 2.45) is 4.99 Å². The smallest absolute Gasteiger partial charge is 0.410 e. The molecule has 2 heterocycles. The molecule has 2 aliphatic rings. The van der Waals surface area contributed by atoms with Crippen LogP contribution in [0.4, 0.5) is 15.3 Å². The van der Waals surface area contributed by atoms with Crippen LogP contribution < -0.4 is 10.2 Å². The Morgan fingerprint density at radius 3 is 2.49 bits per heavy atom. The molecule has 2 aromatic rings. The number of hydrogen-bond acceptors (Lipinski definition) is 6. The summed E-state index contributed by atoms with van der Waals surface area (Å²) in [5.41, 5.74) is 2.24. The van der Waals surface area contributed by atoms with E-state index in [4.69, 9.17) is 14.5 Å². The number of carbonyl (C=O) groups excluding carboxylic acids is 3. The van der Waals surface area contributed by atoms with E-state index in [2.05, 4.69) is 5.32 Å². The van der Waals surface area contributed by atoms with E-state index in [0.717, 1.165) is 24.0 Å². The second kappa shape index (κ2) is 12.3. The lowest BCUT2D eigenvalue weighted by Gasteiger charge is -2.37. The van der Waals surface area contributed by atoms with Crippen LogP contribution in [0.3, 0.4) is 0 Å². The molecule has 2 aromatic carbocycles. The number of nitrogens with one attached hydrogen (secondary N) is 1. The topological polar surface area (TPSA) is 101 Å². The Balaban J connectivity index is 1.69. The summed E-state index contributed by atoms with van der Waals surface area (Å²) in [7, 11) is 0. The molecule has 4 rings (SSSR count). The maximum Gasteiger partial charge on any atom is 0.410 e. The van der Waals surface area contributed by atoms with Gasteiger partial charge in [0.1, 0.15) is 12.2 Å². The molecule has 1 saturated heterocycles. The van der Waals surface area contributed by atoms with Gasteiger partial charge < -0.3 is 14.4 Å². The van der Waals surface area contributed by atoms with E-state index in [9.17, 15) is 14.4 Å². The van der Waals surface area contributed by atoms with Gasteiger partial charge in [-0.2, -0.15) is 0 Å². The molecule has 0 spiro atoms. The second-order valence-corrected chi connectivity index (χ2v) is 10.8. The number of para-hydroxylation sites is 1. The SMILES string of the molecule is CCCN1C(=O)[C@H](NC(=O)OCc2ccccc2)N=C([C@@H]2CCCCN2C(=O)OC(C)(C)C)c2ccccc21. The quantitative estimate of drug-likeness (QED) is 0.544. The van der Waals surface area contributed by atoms with Gasteiger partial charge in [-0.15, -0.1) is 0 Å². The molecule has 0 aliphatic carbocycles. The van der Waals surface area contributed by atoms with Crippen molar-refractivity contribution in [2.75, 3.05) is 18.0 Å². The van der Waals surface area contributed by atoms with Crippen molar-refractivity contribution in [1.82, 2.24) is 10.2 Å². The van der Waals surface area contributed by atoms with Gasteiger partial charge in [-0.1, -0.05) is 55.5 Å². The minimum Gasteiger partial charge on any atom is -0.445 e. The fraction of sp³-hybridized carbons (Fsp3) is 0.467. The fourth-order valence-corrected chi connectivity index (χ4v) is 4.90. The summed E-state index contributed by atoms with van der Waals surface area (Å²) >= 11 is 0. The highest BCUT2D eigenvalue weighted by atomic mass is 16.6. The van der Waals surface area contributed by atoms with E-state index < -0.39 is 30.0 Å². The Morgan fingerprint density at radius 2 is 1.77 bits per heavy atom. The van der Waals surface area contributed by atoms with Gasteiger partial charge in [0.05, 0.1) is 17.4 Å². The van der Waals surface area contributed by atoms with E-state index >= 15 is 0 Å². The first-order chi connectivity index (χ1) is 18.7. The average Bonchev–Trinajstić information content (AvgIpc) is 3.02. The molecular weight excluding hydrogens is 496 g/mol. The van der Waals surface area contributed by atoms with Crippen LogP contribution in [0.1, 0.15) is 64.5 Å². The number of aliphatic imine (C=N–C) groups is 1. The Hall–Kier alpha value is -3.88. The van der Waals surface area contributed by atoms with Gasteiger partial charge in [-0.25, -0.2) is 9.59 Å². The molecule has 1 fully saturated rings. The number of benzene rings is 2. The van der Waals surface area contributed by atoms with Crippen LogP contribution in [-0.2, 0) is 20.9 Å². The molecule has 9 nitrogen and oxygen atoms in total. The molecule has 39 heavy (non-hydrogen) atoms. The zero-order chi connectivity index (χ0) is 28.0. The third kappa shape index (κ3) is 6.96. The molecule has 0 radical (unpaired) electrons. The highest BCUT2D eigenvalue weighted by Crippen LogP contribution is 2.31. The van der Waals surface area contributed by atoms with Crippen LogP contribution in [0.25, 0.3) is 0 Å². The van der Waals surface area contributed by atoms with Crippen molar-refractivity contribution >= 4 is 29.5 Å². The first-order valence-electron chi connectivity index (χ1n) is 13.6. The van der Waals surface area contributed by atoms with Crippen LogP contribution in [-0.4, -0.2) is 59.6 Å². The first-order valence-corrected chi connectivity index (χ1v) is 13.6. The lowest BCUT2D eigenvalue weighted by atomic mass is 9.92. The highest BCUT2D eigenvalue weighted by Gasteiger charge is 2.39. The van der Waals surface area contributed by atoms with Gasteiger partial charge in [0.15, 0.2) is 0 Å². The summed E-state index contributed by atoms with van der Waals surface area (Å²) in [4.78, 5) is 48.1. The Bertz CT molecular complexity index is 1210. The molecule has 0 unspecified atom stereocenters. The van der Waals surface area contributed by atoms with Crippen LogP contribution in [0.5, 0.6) is 0 Å². The van der Waals surface area contributed by atoms with Crippen molar-refractivity contribution < 1.29 is 23.9 Å². The van der Waals surface area contributed by atoms with Gasteiger partial charge in [0.2, 0.25) is 6.17 Å². The molecule has 0 bridgehead atoms. The summed E-state index contributed by atoms with van der Waals surface area (Å²) in [6.45, 7) is 8.55. The minimum atomic E-state index is -1.20. The molecule has 3 amide bonds. The molecule has 208 valence electrons. The number of benzodiazepines with no additional fused rings is 1. The average molecular weight is 535 g/mol. The highest BCUT2D eigenvalue weighted by molar-refractivity contribution is 6.15. The number of amides is 3. The van der Waals surface area contributed by atoms with Gasteiger partial charge in [-0.3, -0.25) is 20.0 Å². The predicted octanol–water partition coefficient (Wildman–Crippen LogP) is 5.27. The summed E-state index contributed by atoms with van der Waals surface area (Å²) < 4.78 is 11.1. The van der Waals surface area contributed by atoms with Gasteiger partial charge in [0.25, 0.3) is 5.91 Å². The number of hydrogen-bond donors (Lipinski definition) is 1. The summed E-state index contributed by atoms with van der Waals surface area (Å²) in [5.74, 6) is -0.351. The number of carbonyl (C=O) groups is 3. The predicted molar refractivity (Wildman–Crippen MR) is 150 cm³/mol. The summed E-state index contributed by atoms with van der Waals surface area (Å²) in [6, 6.07) is 16.5. The number of ether oxygens (including phenoxy) is 2. The zero-order valence-corrected chi connectivity index (χ0v) is 23.2. The standard InChI is InChI=1S/C30H38N4O5/c1-5-18-33-23-16-10-9-15-22(23)25(24-17-11-12-19-34(24)29(37)39-30(2,3)4)31-26(27(33)35)32-28(36)38-20-21-13-7-6-8-14-21/h6-10,13-16,24,26H,5,11-12,17-20H2,1-4H3,(H,32,36)/t24-,26-/m0/s1. The van der Waals surface area contributed by atoms with Crippen molar-refractivity contribution in [3.8, 4) is 0 Å². The number of alkyl carbamates (subject to hydrolysis) is 1. The molecule has 9 heteroatoms. The lowest BCUT2D eigenvalue weighted by Crippen LogP contribution is -2.51. The third-order valence-corrected chi connectivity index (χ3v) is 6.60. The first kappa shape index (κ1) is 28.1.